The number of piperazine rings is 1. The van der Waals surface area contributed by atoms with E-state index in [2.05, 4.69) is 63.4 Å². The molecule has 4 aliphatic heterocycles. The van der Waals surface area contributed by atoms with Crippen LogP contribution in [-0.2, 0) is 9.59 Å². The predicted molar refractivity (Wildman–Crippen MR) is 119 cm³/mol. The van der Waals surface area contributed by atoms with Gasteiger partial charge in [-0.2, -0.15) is 0 Å². The van der Waals surface area contributed by atoms with E-state index in [1.54, 1.807) is 4.90 Å². The molecule has 5 aliphatic rings. The lowest BCUT2D eigenvalue weighted by atomic mass is 9.90. The Morgan fingerprint density at radius 3 is 2.41 bits per heavy atom. The number of hydrogen-bond donors (Lipinski definition) is 0. The Hall–Kier alpha value is -0.340. The molecule has 0 aromatic heterocycles. The first-order chi connectivity index (χ1) is 13.8. The number of hydrogen-bond acceptors (Lipinski definition) is 4. The Balaban J connectivity index is 1.35. The van der Waals surface area contributed by atoms with Crippen LogP contribution in [-0.4, -0.2) is 83.6 Å². The molecule has 5 fully saturated rings. The van der Waals surface area contributed by atoms with Crippen LogP contribution in [0.1, 0.15) is 12.8 Å². The van der Waals surface area contributed by atoms with Crippen LogP contribution in [0.3, 0.4) is 0 Å². The third kappa shape index (κ3) is 3.10. The van der Waals surface area contributed by atoms with Gasteiger partial charge in [-0.15, -0.1) is 0 Å². The monoisotopic (exact) mass is 630 g/mol. The molecule has 1 saturated carbocycles. The summed E-state index contributed by atoms with van der Waals surface area (Å²) < 4.78 is 29.5. The molecule has 158 valence electrons. The molecule has 0 aromatic rings. The highest BCUT2D eigenvalue weighted by Gasteiger charge is 2.68. The lowest BCUT2D eigenvalue weighted by Crippen LogP contribution is -2.65. The Labute approximate surface area is 196 Å². The molecule has 10 heteroatoms. The summed E-state index contributed by atoms with van der Waals surface area (Å²) in [6.45, 7) is 5.13. The molecule has 8 unspecified atom stereocenters. The Morgan fingerprint density at radius 2 is 1.72 bits per heavy atom. The summed E-state index contributed by atoms with van der Waals surface area (Å²) in [5.41, 5.74) is 0. The third-order valence-corrected chi connectivity index (χ3v) is 9.84. The standard InChI is InChI=1S/C19H22F2I2N4O2/c1-2-16(28)26-13-8-25(22)19(18(26)10-5-9(10)13)12-6-11-14(27(12)23)7-24(11)17(29)4-3-15(20)21/h2-4,9-15,18-19H,1,5-8H2/b4-3+. The number of carbonyl (C=O) groups is 2. The number of nitrogens with zero attached hydrogens (tertiary/aromatic N) is 4. The zero-order chi connectivity index (χ0) is 20.6. The highest BCUT2D eigenvalue weighted by Crippen LogP contribution is 2.59. The summed E-state index contributed by atoms with van der Waals surface area (Å²) in [6, 6.07) is 1.17. The van der Waals surface area contributed by atoms with Gasteiger partial charge in [0.15, 0.2) is 0 Å². The van der Waals surface area contributed by atoms with Gasteiger partial charge in [0.2, 0.25) is 11.8 Å². The third-order valence-electron chi connectivity index (χ3n) is 7.37. The second-order valence-corrected chi connectivity index (χ2v) is 11.0. The molecule has 2 amide bonds. The molecule has 8 atom stereocenters. The highest BCUT2D eigenvalue weighted by atomic mass is 127. The molecule has 0 N–H and O–H groups in total. The molecule has 4 saturated heterocycles. The van der Waals surface area contributed by atoms with Crippen molar-refractivity contribution in [3.05, 3.63) is 24.8 Å². The van der Waals surface area contributed by atoms with Gasteiger partial charge in [-0.25, -0.2) is 15.0 Å². The van der Waals surface area contributed by atoms with Crippen molar-refractivity contribution in [2.24, 2.45) is 11.8 Å². The van der Waals surface area contributed by atoms with E-state index in [9.17, 15) is 18.4 Å². The molecule has 0 radical (unpaired) electrons. The van der Waals surface area contributed by atoms with Gasteiger partial charge in [-0.3, -0.25) is 9.59 Å². The van der Waals surface area contributed by atoms with Gasteiger partial charge in [-0.1, -0.05) is 6.58 Å². The lowest BCUT2D eigenvalue weighted by molar-refractivity contribution is -0.135. The van der Waals surface area contributed by atoms with Gasteiger partial charge in [0.05, 0.1) is 24.2 Å². The lowest BCUT2D eigenvalue weighted by Gasteiger charge is -2.49. The van der Waals surface area contributed by atoms with E-state index < -0.39 is 6.43 Å². The predicted octanol–water partition coefficient (Wildman–Crippen LogP) is 2.25. The molecule has 5 rings (SSSR count). The SMILES string of the molecule is C=CC(=O)N1C2CN(I)C(C3CC4C(CN4C(=O)/C=C/C(F)F)N3I)C1C1CC12. The van der Waals surface area contributed by atoms with Crippen LogP contribution >= 0.6 is 45.7 Å². The van der Waals surface area contributed by atoms with Crippen LogP contribution in [0, 0.1) is 11.8 Å². The fourth-order valence-electron chi connectivity index (χ4n) is 6.08. The number of carbonyl (C=O) groups excluding carboxylic acids is 2. The van der Waals surface area contributed by atoms with Crippen molar-refractivity contribution in [3.63, 3.8) is 0 Å². The maximum Gasteiger partial charge on any atom is 0.257 e. The second-order valence-electron chi connectivity index (χ2n) is 8.61. The van der Waals surface area contributed by atoms with Crippen LogP contribution in [0.5, 0.6) is 0 Å². The van der Waals surface area contributed by atoms with Crippen LogP contribution in [0.25, 0.3) is 0 Å². The first-order valence-electron chi connectivity index (χ1n) is 9.91. The van der Waals surface area contributed by atoms with Crippen molar-refractivity contribution in [1.29, 1.82) is 0 Å². The van der Waals surface area contributed by atoms with E-state index >= 15 is 0 Å². The maximum atomic E-state index is 12.6. The van der Waals surface area contributed by atoms with Gasteiger partial charge in [0, 0.05) is 77.0 Å². The number of allylic oxidation sites excluding steroid dienone is 1. The fraction of sp³-hybridized carbons (Fsp3) is 0.684. The molecule has 0 aromatic carbocycles. The zero-order valence-electron chi connectivity index (χ0n) is 15.6. The summed E-state index contributed by atoms with van der Waals surface area (Å²) >= 11 is 4.77. The van der Waals surface area contributed by atoms with E-state index in [0.717, 1.165) is 19.0 Å². The largest absolute Gasteiger partial charge is 0.333 e. The molecular formula is C19H22F2I2N4O2. The van der Waals surface area contributed by atoms with E-state index in [0.29, 0.717) is 24.5 Å². The molecule has 2 bridgehead atoms. The minimum atomic E-state index is -2.61. The summed E-state index contributed by atoms with van der Waals surface area (Å²) in [6.07, 6.45) is 2.47. The van der Waals surface area contributed by atoms with Crippen LogP contribution < -0.4 is 0 Å². The molecule has 29 heavy (non-hydrogen) atoms. The Morgan fingerprint density at radius 1 is 0.966 bits per heavy atom. The summed E-state index contributed by atoms with van der Waals surface area (Å²) in [7, 11) is 0. The molecule has 6 nitrogen and oxygen atoms in total. The first kappa shape index (κ1) is 20.6. The van der Waals surface area contributed by atoms with Crippen molar-refractivity contribution >= 4 is 57.5 Å². The quantitative estimate of drug-likeness (QED) is 0.272. The second kappa shape index (κ2) is 7.37. The zero-order valence-corrected chi connectivity index (χ0v) is 19.9. The van der Waals surface area contributed by atoms with Crippen molar-refractivity contribution in [2.45, 2.75) is 55.5 Å². The normalized spacial score (nSPS) is 43.5. The average molecular weight is 630 g/mol. The van der Waals surface area contributed by atoms with Gasteiger partial charge >= 0.3 is 0 Å². The van der Waals surface area contributed by atoms with Crippen LogP contribution in [0.2, 0.25) is 0 Å². The number of piperidine rings is 1. The Kier molecular flexibility index (Phi) is 5.22. The maximum absolute atomic E-state index is 12.6. The first-order valence-corrected chi connectivity index (χ1v) is 11.8. The number of amides is 2. The highest BCUT2D eigenvalue weighted by molar-refractivity contribution is 14.1. The van der Waals surface area contributed by atoms with E-state index in [4.69, 9.17) is 0 Å². The van der Waals surface area contributed by atoms with Crippen molar-refractivity contribution < 1.29 is 18.4 Å². The van der Waals surface area contributed by atoms with Crippen LogP contribution in [0.15, 0.2) is 24.8 Å². The number of fused-ring (bicyclic) bond motifs is 6. The fourth-order valence-corrected chi connectivity index (χ4v) is 8.29. The number of alkyl halides is 2. The molecule has 4 heterocycles. The summed E-state index contributed by atoms with van der Waals surface area (Å²) in [5.74, 6) is 0.850. The smallest absolute Gasteiger partial charge is 0.257 e. The minimum Gasteiger partial charge on any atom is -0.333 e. The van der Waals surface area contributed by atoms with E-state index in [-0.39, 0.29) is 48.1 Å². The summed E-state index contributed by atoms with van der Waals surface area (Å²) in [5, 5.41) is 0. The van der Waals surface area contributed by atoms with Crippen molar-refractivity contribution in [2.75, 3.05) is 13.1 Å². The number of likely N-dealkylation sites (tertiary alicyclic amines) is 1. The van der Waals surface area contributed by atoms with Crippen molar-refractivity contribution in [1.82, 2.24) is 16.0 Å². The van der Waals surface area contributed by atoms with Crippen molar-refractivity contribution in [3.8, 4) is 0 Å². The van der Waals surface area contributed by atoms with Gasteiger partial charge in [0.1, 0.15) is 0 Å². The van der Waals surface area contributed by atoms with E-state index in [1.165, 1.54) is 12.5 Å². The molecule has 1 aliphatic carbocycles. The summed E-state index contributed by atoms with van der Waals surface area (Å²) in [4.78, 5) is 28.7. The van der Waals surface area contributed by atoms with Gasteiger partial charge in [-0.05, 0) is 36.8 Å². The van der Waals surface area contributed by atoms with E-state index in [1.807, 2.05) is 0 Å². The number of halogens is 4. The van der Waals surface area contributed by atoms with Gasteiger partial charge < -0.3 is 9.80 Å². The van der Waals surface area contributed by atoms with Crippen LogP contribution in [0.4, 0.5) is 8.78 Å². The topological polar surface area (TPSA) is 47.1 Å². The molecular weight excluding hydrogens is 608 g/mol. The molecule has 0 spiro atoms. The number of rotatable bonds is 4. The van der Waals surface area contributed by atoms with Gasteiger partial charge in [0.25, 0.3) is 6.43 Å². The minimum absolute atomic E-state index is 0.0246. The average Bonchev–Trinajstić information content (AvgIpc) is 3.36. The Bertz CT molecular complexity index is 783.